The zero-order chi connectivity index (χ0) is 14.7. The molecule has 2 heterocycles. The van der Waals surface area contributed by atoms with E-state index in [2.05, 4.69) is 30.2 Å². The Morgan fingerprint density at radius 1 is 1.38 bits per heavy atom. The van der Waals surface area contributed by atoms with Gasteiger partial charge in [0.25, 0.3) is 0 Å². The molecule has 0 radical (unpaired) electrons. The van der Waals surface area contributed by atoms with Gasteiger partial charge in [-0.15, -0.1) is 0 Å². The van der Waals surface area contributed by atoms with Gasteiger partial charge >= 0.3 is 0 Å². The van der Waals surface area contributed by atoms with E-state index in [0.29, 0.717) is 30.4 Å². The Labute approximate surface area is 122 Å². The van der Waals surface area contributed by atoms with Crippen LogP contribution in [0.1, 0.15) is 19.3 Å². The molecule has 8 nitrogen and oxygen atoms in total. The number of nitrogens with zero attached hydrogens (tertiary/aromatic N) is 6. The first-order valence-corrected chi connectivity index (χ1v) is 7.11. The van der Waals surface area contributed by atoms with Gasteiger partial charge in [-0.05, 0) is 19.3 Å². The van der Waals surface area contributed by atoms with Crippen molar-refractivity contribution in [3.63, 3.8) is 0 Å². The molecule has 8 heteroatoms. The summed E-state index contributed by atoms with van der Waals surface area (Å²) in [7, 11) is 1.77. The van der Waals surface area contributed by atoms with E-state index in [1.54, 1.807) is 30.3 Å². The van der Waals surface area contributed by atoms with Crippen molar-refractivity contribution in [1.29, 1.82) is 0 Å². The van der Waals surface area contributed by atoms with E-state index in [4.69, 9.17) is 0 Å². The fourth-order valence-corrected chi connectivity index (χ4v) is 2.34. The number of hydrogen-bond donors (Lipinski definition) is 2. The minimum Gasteiger partial charge on any atom is -0.395 e. The first-order chi connectivity index (χ1) is 10.3. The third kappa shape index (κ3) is 2.80. The predicted octanol–water partition coefficient (Wildman–Crippen LogP) is 0.450. The highest BCUT2D eigenvalue weighted by Crippen LogP contribution is 2.28. The Hall–Kier alpha value is -2.22. The largest absolute Gasteiger partial charge is 0.395 e. The highest BCUT2D eigenvalue weighted by Gasteiger charge is 2.27. The van der Waals surface area contributed by atoms with Gasteiger partial charge in [0.2, 0.25) is 17.8 Å². The second-order valence-corrected chi connectivity index (χ2v) is 4.98. The van der Waals surface area contributed by atoms with Crippen molar-refractivity contribution in [3.05, 3.63) is 18.7 Å². The third-order valence-electron chi connectivity index (χ3n) is 3.68. The van der Waals surface area contributed by atoms with Crippen molar-refractivity contribution in [1.82, 2.24) is 24.5 Å². The molecule has 0 aromatic carbocycles. The zero-order valence-electron chi connectivity index (χ0n) is 12.0. The van der Waals surface area contributed by atoms with Gasteiger partial charge in [0.15, 0.2) is 0 Å². The van der Waals surface area contributed by atoms with Crippen LogP contribution >= 0.6 is 0 Å². The Bertz CT molecular complexity index is 582. The highest BCUT2D eigenvalue weighted by atomic mass is 16.3. The first-order valence-electron chi connectivity index (χ1n) is 7.11. The lowest BCUT2D eigenvalue weighted by atomic mass is 9.92. The zero-order valence-corrected chi connectivity index (χ0v) is 12.0. The Balaban J connectivity index is 1.97. The molecule has 0 aliphatic heterocycles. The molecule has 1 fully saturated rings. The molecule has 0 bridgehead atoms. The van der Waals surface area contributed by atoms with Crippen LogP contribution in [0.25, 0.3) is 5.95 Å². The average Bonchev–Trinajstić information content (AvgIpc) is 2.98. The molecule has 0 amide bonds. The molecule has 1 saturated carbocycles. The van der Waals surface area contributed by atoms with Crippen LogP contribution in [0.5, 0.6) is 0 Å². The van der Waals surface area contributed by atoms with E-state index in [1.165, 1.54) is 6.42 Å². The van der Waals surface area contributed by atoms with Gasteiger partial charge in [-0.3, -0.25) is 4.57 Å². The van der Waals surface area contributed by atoms with Gasteiger partial charge < -0.3 is 15.3 Å². The number of rotatable bonds is 6. The lowest BCUT2D eigenvalue weighted by Gasteiger charge is -2.37. The molecule has 0 atom stereocenters. The van der Waals surface area contributed by atoms with Crippen LogP contribution in [0, 0.1) is 0 Å². The highest BCUT2D eigenvalue weighted by molar-refractivity contribution is 5.41. The van der Waals surface area contributed by atoms with Crippen LogP contribution < -0.4 is 10.2 Å². The minimum absolute atomic E-state index is 0.0808. The van der Waals surface area contributed by atoms with Gasteiger partial charge in [0.1, 0.15) is 6.33 Å². The van der Waals surface area contributed by atoms with Crippen molar-refractivity contribution in [2.45, 2.75) is 25.3 Å². The summed E-state index contributed by atoms with van der Waals surface area (Å²) in [4.78, 5) is 19.4. The van der Waals surface area contributed by atoms with Crippen molar-refractivity contribution >= 4 is 11.9 Å². The molecule has 21 heavy (non-hydrogen) atoms. The summed E-state index contributed by atoms with van der Waals surface area (Å²) in [5.41, 5.74) is 0. The molecule has 1 aliphatic carbocycles. The van der Waals surface area contributed by atoms with Crippen LogP contribution in [0.2, 0.25) is 0 Å². The van der Waals surface area contributed by atoms with Crippen LogP contribution in [0.15, 0.2) is 18.7 Å². The van der Waals surface area contributed by atoms with Crippen molar-refractivity contribution in [2.24, 2.45) is 0 Å². The van der Waals surface area contributed by atoms with Gasteiger partial charge in [0, 0.05) is 32.0 Å². The molecular formula is C13H19N7O. The quantitative estimate of drug-likeness (QED) is 0.797. The lowest BCUT2D eigenvalue weighted by Crippen LogP contribution is -2.43. The number of hydrogen-bond acceptors (Lipinski definition) is 7. The van der Waals surface area contributed by atoms with E-state index in [-0.39, 0.29) is 6.61 Å². The molecule has 0 spiro atoms. The first kappa shape index (κ1) is 13.7. The molecule has 3 rings (SSSR count). The third-order valence-corrected chi connectivity index (χ3v) is 3.68. The summed E-state index contributed by atoms with van der Waals surface area (Å²) in [5, 5.41) is 12.3. The van der Waals surface area contributed by atoms with E-state index in [0.717, 1.165) is 12.8 Å². The van der Waals surface area contributed by atoms with Gasteiger partial charge in [0.05, 0.1) is 6.61 Å². The van der Waals surface area contributed by atoms with E-state index < -0.39 is 0 Å². The monoisotopic (exact) mass is 289 g/mol. The van der Waals surface area contributed by atoms with Crippen molar-refractivity contribution in [3.8, 4) is 5.95 Å². The molecule has 2 aromatic heterocycles. The van der Waals surface area contributed by atoms with Crippen molar-refractivity contribution < 1.29 is 5.11 Å². The number of imidazole rings is 1. The Morgan fingerprint density at radius 2 is 2.24 bits per heavy atom. The summed E-state index contributed by atoms with van der Waals surface area (Å²) >= 11 is 0. The molecular weight excluding hydrogens is 270 g/mol. The summed E-state index contributed by atoms with van der Waals surface area (Å²) < 4.78 is 1.74. The summed E-state index contributed by atoms with van der Waals surface area (Å²) in [6.45, 7) is 0.610. The second kappa shape index (κ2) is 6.04. The van der Waals surface area contributed by atoms with Crippen LogP contribution in [0.4, 0.5) is 11.9 Å². The maximum Gasteiger partial charge on any atom is 0.241 e. The SMILES string of the molecule is CNc1nc(N(CCO)C2CCC2)nc(-n2ccnc2)n1. The maximum atomic E-state index is 9.30. The maximum absolute atomic E-state index is 9.30. The summed E-state index contributed by atoms with van der Waals surface area (Å²) in [6.07, 6.45) is 8.56. The normalized spacial score (nSPS) is 14.8. The number of aromatic nitrogens is 5. The fourth-order valence-electron chi connectivity index (χ4n) is 2.34. The molecule has 0 unspecified atom stereocenters. The Kier molecular flexibility index (Phi) is 3.96. The van der Waals surface area contributed by atoms with Crippen LogP contribution in [-0.2, 0) is 0 Å². The van der Waals surface area contributed by atoms with Crippen LogP contribution in [-0.4, -0.2) is 55.9 Å². The smallest absolute Gasteiger partial charge is 0.241 e. The molecule has 0 saturated heterocycles. The van der Waals surface area contributed by atoms with Gasteiger partial charge in [-0.2, -0.15) is 15.0 Å². The summed E-state index contributed by atoms with van der Waals surface area (Å²) in [6, 6.07) is 0.403. The Morgan fingerprint density at radius 3 is 2.81 bits per heavy atom. The fraction of sp³-hybridized carbons (Fsp3) is 0.538. The standard InChI is InChI=1S/C13H19N7O/c1-14-11-16-12(19-6-5-15-9-19)18-13(17-11)20(7-8-21)10-3-2-4-10/h5-6,9-10,21H,2-4,7-8H2,1H3,(H,14,16,17,18). The number of anilines is 2. The second-order valence-electron chi connectivity index (χ2n) is 4.98. The summed E-state index contributed by atoms with van der Waals surface area (Å²) in [5.74, 6) is 1.62. The van der Waals surface area contributed by atoms with E-state index in [9.17, 15) is 5.11 Å². The van der Waals surface area contributed by atoms with Gasteiger partial charge in [-0.1, -0.05) is 0 Å². The minimum atomic E-state index is 0.0808. The van der Waals surface area contributed by atoms with E-state index in [1.807, 2.05) is 0 Å². The van der Waals surface area contributed by atoms with Crippen molar-refractivity contribution in [2.75, 3.05) is 30.4 Å². The predicted molar refractivity (Wildman–Crippen MR) is 78.6 cm³/mol. The van der Waals surface area contributed by atoms with E-state index >= 15 is 0 Å². The topological polar surface area (TPSA) is 92.0 Å². The number of aliphatic hydroxyl groups is 1. The molecule has 2 N–H and O–H groups in total. The molecule has 1 aliphatic rings. The number of nitrogens with one attached hydrogen (secondary N) is 1. The lowest BCUT2D eigenvalue weighted by molar-refractivity contribution is 0.282. The molecule has 112 valence electrons. The molecule has 2 aromatic rings. The average molecular weight is 289 g/mol. The van der Waals surface area contributed by atoms with Crippen LogP contribution in [0.3, 0.4) is 0 Å². The number of aliphatic hydroxyl groups excluding tert-OH is 1. The van der Waals surface area contributed by atoms with Gasteiger partial charge in [-0.25, -0.2) is 4.98 Å².